The molecule has 0 unspecified atom stereocenters. The summed E-state index contributed by atoms with van der Waals surface area (Å²) < 4.78 is 10.4. The summed E-state index contributed by atoms with van der Waals surface area (Å²) in [4.78, 5) is 34.9. The molecule has 30 heavy (non-hydrogen) atoms. The fourth-order valence-electron chi connectivity index (χ4n) is 3.46. The Morgan fingerprint density at radius 3 is 2.43 bits per heavy atom. The number of anilines is 1. The fourth-order valence-corrected chi connectivity index (χ4v) is 3.46. The predicted molar refractivity (Wildman–Crippen MR) is 106 cm³/mol. The summed E-state index contributed by atoms with van der Waals surface area (Å²) in [6.07, 6.45) is 0.820. The van der Waals surface area contributed by atoms with E-state index in [0.29, 0.717) is 37.3 Å². The summed E-state index contributed by atoms with van der Waals surface area (Å²) >= 11 is 0. The number of ether oxygens (including phenoxy) is 2. The molecule has 1 fully saturated rings. The summed E-state index contributed by atoms with van der Waals surface area (Å²) in [6, 6.07) is 12.3. The van der Waals surface area contributed by atoms with Gasteiger partial charge in [0.15, 0.2) is 0 Å². The van der Waals surface area contributed by atoms with Crippen LogP contribution in [0.3, 0.4) is 0 Å². The number of rotatable bonds is 5. The molecule has 1 saturated heterocycles. The van der Waals surface area contributed by atoms with Gasteiger partial charge in [0.25, 0.3) is 5.69 Å². The van der Waals surface area contributed by atoms with Crippen LogP contribution < -0.4 is 10.1 Å². The molecular formula is C21H19N3O6. The number of esters is 1. The molecular weight excluding hydrogens is 390 g/mol. The third-order valence-corrected chi connectivity index (χ3v) is 5.02. The van der Waals surface area contributed by atoms with Crippen molar-refractivity contribution in [1.29, 1.82) is 5.26 Å². The first kappa shape index (κ1) is 21.0. The Morgan fingerprint density at radius 2 is 1.87 bits per heavy atom. The molecule has 1 aliphatic rings. The second-order valence-corrected chi connectivity index (χ2v) is 6.87. The molecule has 0 atom stereocenters. The molecule has 0 aromatic heterocycles. The van der Waals surface area contributed by atoms with E-state index >= 15 is 0 Å². The van der Waals surface area contributed by atoms with Crippen molar-refractivity contribution >= 4 is 23.3 Å². The molecule has 2 aromatic carbocycles. The van der Waals surface area contributed by atoms with Crippen molar-refractivity contribution in [3.63, 3.8) is 0 Å². The highest BCUT2D eigenvalue weighted by Gasteiger charge is 2.42. The smallest absolute Gasteiger partial charge is 0.308 e. The number of carbonyl (C=O) groups excluding carboxylic acids is 2. The van der Waals surface area contributed by atoms with Crippen LogP contribution in [0, 0.1) is 21.4 Å². The number of nitro groups is 1. The number of hydrogen-bond acceptors (Lipinski definition) is 7. The topological polar surface area (TPSA) is 132 Å². The van der Waals surface area contributed by atoms with Gasteiger partial charge in [0.2, 0.25) is 5.91 Å². The van der Waals surface area contributed by atoms with Gasteiger partial charge in [-0.3, -0.25) is 19.7 Å². The van der Waals surface area contributed by atoms with E-state index in [-0.39, 0.29) is 22.9 Å². The molecule has 1 heterocycles. The summed E-state index contributed by atoms with van der Waals surface area (Å²) in [5.41, 5.74) is 0.168. The lowest BCUT2D eigenvalue weighted by Crippen LogP contribution is -2.44. The number of carbonyl (C=O) groups is 2. The van der Waals surface area contributed by atoms with E-state index in [1.807, 2.05) is 6.07 Å². The van der Waals surface area contributed by atoms with E-state index < -0.39 is 16.3 Å². The number of non-ortho nitro benzene ring substituents is 1. The van der Waals surface area contributed by atoms with Crippen LogP contribution in [0.4, 0.5) is 11.4 Å². The number of nitriles is 1. The van der Waals surface area contributed by atoms with Crippen molar-refractivity contribution in [3.8, 4) is 11.8 Å². The van der Waals surface area contributed by atoms with Gasteiger partial charge in [0.05, 0.1) is 15.9 Å². The Kier molecular flexibility index (Phi) is 6.09. The lowest BCUT2D eigenvalue weighted by atomic mass is 9.73. The van der Waals surface area contributed by atoms with E-state index in [0.717, 1.165) is 0 Å². The van der Waals surface area contributed by atoms with Gasteiger partial charge in [0.1, 0.15) is 11.8 Å². The number of benzene rings is 2. The zero-order chi connectivity index (χ0) is 21.7. The highest BCUT2D eigenvalue weighted by atomic mass is 16.6. The lowest BCUT2D eigenvalue weighted by Gasteiger charge is -2.36. The molecule has 9 heteroatoms. The maximum atomic E-state index is 13.3. The molecule has 3 rings (SSSR count). The Hall–Kier alpha value is -3.77. The van der Waals surface area contributed by atoms with Crippen molar-refractivity contribution in [2.75, 3.05) is 18.5 Å². The summed E-state index contributed by atoms with van der Waals surface area (Å²) in [6.45, 7) is 1.98. The van der Waals surface area contributed by atoms with Gasteiger partial charge in [-0.1, -0.05) is 12.1 Å². The molecule has 0 radical (unpaired) electrons. The van der Waals surface area contributed by atoms with Crippen LogP contribution in [0.25, 0.3) is 0 Å². The molecule has 1 aliphatic heterocycles. The quantitative estimate of drug-likeness (QED) is 0.347. The van der Waals surface area contributed by atoms with E-state index in [9.17, 15) is 25.0 Å². The first-order chi connectivity index (χ1) is 14.4. The van der Waals surface area contributed by atoms with Gasteiger partial charge in [-0.05, 0) is 36.6 Å². The minimum absolute atomic E-state index is 0.0545. The van der Waals surface area contributed by atoms with E-state index in [1.54, 1.807) is 18.2 Å². The molecule has 0 aliphatic carbocycles. The fraction of sp³-hybridized carbons (Fsp3) is 0.286. The van der Waals surface area contributed by atoms with Gasteiger partial charge in [-0.2, -0.15) is 5.26 Å². The number of nitrogens with zero attached hydrogens (tertiary/aromatic N) is 2. The van der Waals surface area contributed by atoms with Gasteiger partial charge >= 0.3 is 5.97 Å². The maximum absolute atomic E-state index is 13.3. The molecule has 2 aromatic rings. The van der Waals surface area contributed by atoms with Gasteiger partial charge in [-0.25, -0.2) is 0 Å². The van der Waals surface area contributed by atoms with E-state index in [2.05, 4.69) is 5.32 Å². The number of hydrogen-bond donors (Lipinski definition) is 1. The van der Waals surface area contributed by atoms with Crippen LogP contribution >= 0.6 is 0 Å². The van der Waals surface area contributed by atoms with Gasteiger partial charge < -0.3 is 14.8 Å². The first-order valence-corrected chi connectivity index (χ1v) is 9.22. The average molecular weight is 409 g/mol. The zero-order valence-electron chi connectivity index (χ0n) is 16.2. The Bertz CT molecular complexity index is 1020. The van der Waals surface area contributed by atoms with Crippen LogP contribution in [-0.2, 0) is 19.7 Å². The number of nitro benzene ring substituents is 1. The first-order valence-electron chi connectivity index (χ1n) is 9.22. The molecule has 0 spiro atoms. The second-order valence-electron chi connectivity index (χ2n) is 6.87. The predicted octanol–water partition coefficient (Wildman–Crippen LogP) is 3.08. The van der Waals surface area contributed by atoms with Crippen molar-refractivity contribution in [1.82, 2.24) is 0 Å². The SMILES string of the molecule is CC(=O)Oc1ccc(NC(=O)C2(c3ccc([N+](=O)[O-])cc3)CCOCC2)cc1C#N. The maximum Gasteiger partial charge on any atom is 0.308 e. The number of nitrogens with one attached hydrogen (secondary N) is 1. The lowest BCUT2D eigenvalue weighted by molar-refractivity contribution is -0.384. The third kappa shape index (κ3) is 4.29. The van der Waals surface area contributed by atoms with Crippen molar-refractivity contribution in [2.45, 2.75) is 25.2 Å². The van der Waals surface area contributed by atoms with Crippen LogP contribution in [0.15, 0.2) is 42.5 Å². The van der Waals surface area contributed by atoms with E-state index in [1.165, 1.54) is 31.2 Å². The Balaban J connectivity index is 1.90. The molecule has 0 bridgehead atoms. The third-order valence-electron chi connectivity index (χ3n) is 5.02. The summed E-state index contributed by atoms with van der Waals surface area (Å²) in [5, 5.41) is 23.1. The summed E-state index contributed by atoms with van der Waals surface area (Å²) in [5.74, 6) is -0.745. The second kappa shape index (κ2) is 8.71. The van der Waals surface area contributed by atoms with Crippen molar-refractivity contribution in [3.05, 3.63) is 63.7 Å². The molecule has 1 N–H and O–H groups in total. The minimum Gasteiger partial charge on any atom is -0.425 e. The largest absolute Gasteiger partial charge is 0.425 e. The normalized spacial score (nSPS) is 14.9. The summed E-state index contributed by atoms with van der Waals surface area (Å²) in [7, 11) is 0. The molecule has 9 nitrogen and oxygen atoms in total. The van der Waals surface area contributed by atoms with Crippen LogP contribution in [0.1, 0.15) is 30.9 Å². The van der Waals surface area contributed by atoms with Crippen molar-refractivity contribution < 1.29 is 24.0 Å². The Morgan fingerprint density at radius 1 is 1.20 bits per heavy atom. The zero-order valence-corrected chi connectivity index (χ0v) is 16.2. The van der Waals surface area contributed by atoms with E-state index in [4.69, 9.17) is 9.47 Å². The standard InChI is InChI=1S/C21H19N3O6/c1-14(25)30-19-7-4-17(12-15(19)13-22)23-20(26)21(8-10-29-11-9-21)16-2-5-18(6-3-16)24(27)28/h2-7,12H,8-11H2,1H3,(H,23,26). The van der Waals surface area contributed by atoms with Crippen LogP contribution in [-0.4, -0.2) is 30.0 Å². The van der Waals surface area contributed by atoms with Gasteiger partial charge in [-0.15, -0.1) is 0 Å². The monoisotopic (exact) mass is 409 g/mol. The Labute approximate surface area is 172 Å². The minimum atomic E-state index is -0.922. The highest BCUT2D eigenvalue weighted by Crippen LogP contribution is 2.37. The number of amides is 1. The van der Waals surface area contributed by atoms with Gasteiger partial charge in [0, 0.05) is 38.0 Å². The highest BCUT2D eigenvalue weighted by molar-refractivity contribution is 5.99. The average Bonchev–Trinajstić information content (AvgIpc) is 2.75. The van der Waals surface area contributed by atoms with Crippen LogP contribution in [0.5, 0.6) is 5.75 Å². The van der Waals surface area contributed by atoms with Crippen molar-refractivity contribution in [2.24, 2.45) is 0 Å². The molecule has 154 valence electrons. The molecule has 0 saturated carbocycles. The molecule has 1 amide bonds. The van der Waals surface area contributed by atoms with Crippen LogP contribution in [0.2, 0.25) is 0 Å².